The van der Waals surface area contributed by atoms with Crippen LogP contribution in [0, 0.1) is 13.8 Å². The van der Waals surface area contributed by atoms with Gasteiger partial charge in [0.1, 0.15) is 6.04 Å². The number of carbonyl (C=O) groups is 1. The van der Waals surface area contributed by atoms with E-state index >= 15 is 0 Å². The lowest BCUT2D eigenvalue weighted by atomic mass is 10.0. The number of benzene rings is 3. The van der Waals surface area contributed by atoms with Crippen LogP contribution >= 0.6 is 11.6 Å². The van der Waals surface area contributed by atoms with Crippen molar-refractivity contribution in [3.8, 4) is 11.1 Å². The van der Waals surface area contributed by atoms with Gasteiger partial charge in [0.2, 0.25) is 0 Å². The van der Waals surface area contributed by atoms with Gasteiger partial charge >= 0.3 is 5.97 Å². The van der Waals surface area contributed by atoms with E-state index in [1.54, 1.807) is 49.1 Å². The Morgan fingerprint density at radius 1 is 1.06 bits per heavy atom. The number of likely N-dealkylation sites (tertiary alicyclic amines) is 1. The Bertz CT molecular complexity index is 1360. The number of nitrogens with one attached hydrogen (secondary N) is 1. The van der Waals surface area contributed by atoms with Gasteiger partial charge in [-0.25, -0.2) is 8.42 Å². The first-order valence-corrected chi connectivity index (χ1v) is 13.0. The van der Waals surface area contributed by atoms with Gasteiger partial charge in [-0.2, -0.15) is 0 Å². The second-order valence-electron chi connectivity index (χ2n) is 8.92. The number of aliphatic hydroxyl groups excluding tert-OH is 1. The minimum atomic E-state index is -3.80. The summed E-state index contributed by atoms with van der Waals surface area (Å²) >= 11 is 6.12. The van der Waals surface area contributed by atoms with E-state index in [-0.39, 0.29) is 11.3 Å². The number of hydrogen-bond acceptors (Lipinski definition) is 5. The molecule has 0 spiro atoms. The fourth-order valence-corrected chi connectivity index (χ4v) is 5.94. The lowest BCUT2D eigenvalue weighted by molar-refractivity contribution is -0.142. The number of carboxylic acid groups (broad SMARTS) is 1. The van der Waals surface area contributed by atoms with Crippen LogP contribution in [0.4, 0.5) is 5.69 Å². The monoisotopic (exact) mass is 514 g/mol. The third-order valence-corrected chi connectivity index (χ3v) is 8.13. The Morgan fingerprint density at radius 2 is 1.77 bits per heavy atom. The molecule has 3 aromatic carbocycles. The third kappa shape index (κ3) is 5.67. The summed E-state index contributed by atoms with van der Waals surface area (Å²) < 4.78 is 28.7. The molecule has 9 heteroatoms. The van der Waals surface area contributed by atoms with E-state index in [0.29, 0.717) is 34.9 Å². The number of aliphatic hydroxyl groups is 1. The van der Waals surface area contributed by atoms with Gasteiger partial charge in [-0.1, -0.05) is 48.0 Å². The number of carboxylic acids is 1. The molecular formula is C26H27ClN2O5S. The van der Waals surface area contributed by atoms with E-state index in [9.17, 15) is 23.4 Å². The molecule has 184 valence electrons. The number of rotatable bonds is 7. The van der Waals surface area contributed by atoms with Gasteiger partial charge in [0.05, 0.1) is 11.0 Å². The molecule has 1 heterocycles. The van der Waals surface area contributed by atoms with E-state index in [4.69, 9.17) is 11.6 Å². The van der Waals surface area contributed by atoms with Crippen LogP contribution in [-0.2, 0) is 21.4 Å². The average molecular weight is 515 g/mol. The van der Waals surface area contributed by atoms with Crippen molar-refractivity contribution in [1.29, 1.82) is 0 Å². The van der Waals surface area contributed by atoms with Gasteiger partial charge in [-0.15, -0.1) is 0 Å². The predicted octanol–water partition coefficient (Wildman–Crippen LogP) is 4.44. The molecule has 0 amide bonds. The van der Waals surface area contributed by atoms with Crippen molar-refractivity contribution in [2.75, 3.05) is 11.3 Å². The molecule has 0 radical (unpaired) electrons. The highest BCUT2D eigenvalue weighted by Gasteiger charge is 2.35. The zero-order valence-electron chi connectivity index (χ0n) is 19.4. The van der Waals surface area contributed by atoms with E-state index in [0.717, 1.165) is 16.7 Å². The molecule has 7 nitrogen and oxygen atoms in total. The quantitative estimate of drug-likeness (QED) is 0.430. The van der Waals surface area contributed by atoms with Gasteiger partial charge in [0, 0.05) is 30.2 Å². The maximum Gasteiger partial charge on any atom is 0.321 e. The topological polar surface area (TPSA) is 107 Å². The first-order chi connectivity index (χ1) is 16.5. The molecule has 4 rings (SSSR count). The maximum atomic E-state index is 13.0. The summed E-state index contributed by atoms with van der Waals surface area (Å²) in [5.74, 6) is -0.929. The van der Waals surface area contributed by atoms with Gasteiger partial charge in [-0.05, 0) is 65.9 Å². The highest BCUT2D eigenvalue weighted by atomic mass is 35.5. The van der Waals surface area contributed by atoms with Crippen molar-refractivity contribution >= 4 is 33.3 Å². The smallest absolute Gasteiger partial charge is 0.321 e. The largest absolute Gasteiger partial charge is 0.480 e. The molecule has 0 saturated carbocycles. The van der Waals surface area contributed by atoms with Crippen LogP contribution in [0.25, 0.3) is 11.1 Å². The molecule has 2 atom stereocenters. The van der Waals surface area contributed by atoms with Crippen LogP contribution in [0.5, 0.6) is 0 Å². The summed E-state index contributed by atoms with van der Waals surface area (Å²) in [5, 5.41) is 19.8. The summed E-state index contributed by atoms with van der Waals surface area (Å²) in [6, 6.07) is 17.3. The van der Waals surface area contributed by atoms with Crippen LogP contribution in [0.1, 0.15) is 23.1 Å². The Kier molecular flexibility index (Phi) is 7.19. The van der Waals surface area contributed by atoms with Gasteiger partial charge < -0.3 is 10.2 Å². The maximum absolute atomic E-state index is 13.0. The summed E-state index contributed by atoms with van der Waals surface area (Å²) in [6.45, 7) is 4.22. The fraction of sp³-hybridized carbons (Fsp3) is 0.269. The number of aliphatic carboxylic acids is 1. The van der Waals surface area contributed by atoms with Crippen molar-refractivity contribution < 1.29 is 23.4 Å². The molecular weight excluding hydrogens is 488 g/mol. The zero-order valence-corrected chi connectivity index (χ0v) is 21.0. The Morgan fingerprint density at radius 3 is 2.46 bits per heavy atom. The normalized spacial score (nSPS) is 18.5. The highest BCUT2D eigenvalue weighted by Crippen LogP contribution is 2.28. The van der Waals surface area contributed by atoms with Crippen LogP contribution in [0.2, 0.25) is 5.02 Å². The number of aryl methyl sites for hydroxylation is 2. The van der Waals surface area contributed by atoms with Gasteiger partial charge in [0.25, 0.3) is 10.0 Å². The molecule has 35 heavy (non-hydrogen) atoms. The molecule has 1 saturated heterocycles. The van der Waals surface area contributed by atoms with Gasteiger partial charge in [0.15, 0.2) is 0 Å². The number of halogens is 1. The molecule has 0 unspecified atom stereocenters. The Balaban J connectivity index is 1.51. The number of anilines is 1. The SMILES string of the molecule is Cc1cc(S(=O)(=O)Nc2cccc(-c3ccc(CN4C[C@H](O)C[C@H]4C(=O)O)cc3)c2)c(C)cc1Cl. The Hall–Kier alpha value is -2.91. The number of sulfonamides is 1. The van der Waals surface area contributed by atoms with Crippen LogP contribution < -0.4 is 4.72 Å². The lowest BCUT2D eigenvalue weighted by Crippen LogP contribution is -2.35. The fourth-order valence-electron chi connectivity index (χ4n) is 4.36. The van der Waals surface area contributed by atoms with Crippen molar-refractivity contribution in [2.45, 2.75) is 43.9 Å². The number of nitrogens with zero attached hydrogens (tertiary/aromatic N) is 1. The van der Waals surface area contributed by atoms with Crippen molar-refractivity contribution in [2.24, 2.45) is 0 Å². The predicted molar refractivity (Wildman–Crippen MR) is 136 cm³/mol. The number of β-amino-alcohol motifs (C(OH)–C–C–N with tert-alkyl or cyclic N) is 1. The van der Waals surface area contributed by atoms with Crippen LogP contribution in [0.15, 0.2) is 65.6 Å². The number of hydrogen-bond donors (Lipinski definition) is 3. The van der Waals surface area contributed by atoms with E-state index in [2.05, 4.69) is 4.72 Å². The van der Waals surface area contributed by atoms with Crippen molar-refractivity contribution in [3.63, 3.8) is 0 Å². The van der Waals surface area contributed by atoms with E-state index < -0.39 is 28.1 Å². The van der Waals surface area contributed by atoms with E-state index in [1.165, 1.54) is 0 Å². The van der Waals surface area contributed by atoms with Crippen LogP contribution in [0.3, 0.4) is 0 Å². The first kappa shape index (κ1) is 25.2. The Labute approximate surface area is 210 Å². The molecule has 0 aromatic heterocycles. The standard InChI is InChI=1S/C26H27ClN2O5S/c1-16-11-25(17(2)10-23(16)27)35(33,34)28-21-5-3-4-20(12-21)19-8-6-18(7-9-19)14-29-15-22(30)13-24(29)26(31)32/h3-12,22,24,28,30H,13-15H2,1-2H3,(H,31,32)/t22-,24+/m1/s1. The summed E-state index contributed by atoms with van der Waals surface area (Å²) in [5.41, 5.74) is 4.35. The minimum absolute atomic E-state index is 0.181. The second-order valence-corrected chi connectivity index (χ2v) is 11.0. The molecule has 1 aliphatic rings. The van der Waals surface area contributed by atoms with Gasteiger partial charge in [-0.3, -0.25) is 14.4 Å². The molecule has 1 aliphatic heterocycles. The third-order valence-electron chi connectivity index (χ3n) is 6.20. The second kappa shape index (κ2) is 9.99. The molecule has 1 fully saturated rings. The molecule has 3 N–H and O–H groups in total. The van der Waals surface area contributed by atoms with Crippen molar-refractivity contribution in [1.82, 2.24) is 4.90 Å². The summed E-state index contributed by atoms with van der Waals surface area (Å²) in [7, 11) is -3.80. The molecule has 0 aliphatic carbocycles. The van der Waals surface area contributed by atoms with Crippen molar-refractivity contribution in [3.05, 3.63) is 82.4 Å². The summed E-state index contributed by atoms with van der Waals surface area (Å²) in [4.78, 5) is 13.4. The average Bonchev–Trinajstić information content (AvgIpc) is 3.17. The highest BCUT2D eigenvalue weighted by molar-refractivity contribution is 7.92. The van der Waals surface area contributed by atoms with Crippen LogP contribution in [-0.4, -0.2) is 48.2 Å². The minimum Gasteiger partial charge on any atom is -0.480 e. The lowest BCUT2D eigenvalue weighted by Gasteiger charge is -2.20. The van der Waals surface area contributed by atoms with E-state index in [1.807, 2.05) is 30.3 Å². The first-order valence-electron chi connectivity index (χ1n) is 11.2. The zero-order chi connectivity index (χ0) is 25.3. The molecule has 0 bridgehead atoms. The summed E-state index contributed by atoms with van der Waals surface area (Å²) in [6.07, 6.45) is -0.409. The molecule has 3 aromatic rings.